The van der Waals surface area contributed by atoms with E-state index in [-0.39, 0.29) is 6.29 Å². The fourth-order valence-electron chi connectivity index (χ4n) is 1.18. The third-order valence-corrected chi connectivity index (χ3v) is 1.90. The first-order valence-electron chi connectivity index (χ1n) is 4.20. The third-order valence-electron chi connectivity index (χ3n) is 1.90. The molecule has 0 aliphatic heterocycles. The second kappa shape index (κ2) is 4.64. The van der Waals surface area contributed by atoms with Crippen molar-refractivity contribution in [1.29, 1.82) is 0 Å². The molecule has 0 N–H and O–H groups in total. The van der Waals surface area contributed by atoms with Crippen molar-refractivity contribution in [2.45, 2.75) is 12.6 Å². The number of aromatic nitrogens is 1. The molecule has 1 heterocycles. The van der Waals surface area contributed by atoms with Crippen LogP contribution in [0.1, 0.15) is 28.0 Å². The summed E-state index contributed by atoms with van der Waals surface area (Å²) < 4.78 is 66.8. The molecule has 8 heteroatoms. The van der Waals surface area contributed by atoms with Gasteiger partial charge < -0.3 is 4.74 Å². The number of ether oxygens (including phenoxy) is 1. The Bertz CT molecular complexity index is 430. The van der Waals surface area contributed by atoms with Crippen LogP contribution in [0.15, 0.2) is 6.07 Å². The number of nitrogens with zero attached hydrogens (tertiary/aromatic N) is 1. The van der Waals surface area contributed by atoms with Crippen molar-refractivity contribution < 1.29 is 31.5 Å². The molecule has 0 radical (unpaired) electrons. The number of alkyl halides is 5. The highest BCUT2D eigenvalue weighted by Crippen LogP contribution is 2.35. The summed E-state index contributed by atoms with van der Waals surface area (Å²) in [5.41, 5.74) is -3.91. The average Bonchev–Trinajstić information content (AvgIpc) is 2.25. The van der Waals surface area contributed by atoms with E-state index in [4.69, 9.17) is 0 Å². The monoisotopic (exact) mass is 255 g/mol. The predicted octanol–water partition coefficient (Wildman–Crippen LogP) is 2.86. The highest BCUT2D eigenvalue weighted by molar-refractivity contribution is 5.79. The van der Waals surface area contributed by atoms with Gasteiger partial charge in [-0.3, -0.25) is 4.79 Å². The van der Waals surface area contributed by atoms with Gasteiger partial charge in [-0.25, -0.2) is 13.8 Å². The summed E-state index contributed by atoms with van der Waals surface area (Å²) in [5.74, 6) is -0.627. The maximum Gasteiger partial charge on any atom is 0.434 e. The number of hydrogen-bond donors (Lipinski definition) is 0. The molecule has 94 valence electrons. The van der Waals surface area contributed by atoms with Gasteiger partial charge in [-0.1, -0.05) is 0 Å². The van der Waals surface area contributed by atoms with Gasteiger partial charge >= 0.3 is 6.18 Å². The quantitative estimate of drug-likeness (QED) is 0.615. The Labute approximate surface area is 92.2 Å². The molecule has 0 spiro atoms. The van der Waals surface area contributed by atoms with E-state index >= 15 is 0 Å². The molecular formula is C9H6F5NO2. The first-order chi connectivity index (χ1) is 7.81. The zero-order valence-electron chi connectivity index (χ0n) is 8.39. The SMILES string of the molecule is COc1cc(C(F)F)c(C=O)c(C(F)(F)F)n1. The molecule has 0 atom stereocenters. The number of methoxy groups -OCH3 is 1. The lowest BCUT2D eigenvalue weighted by molar-refractivity contribution is -0.141. The van der Waals surface area contributed by atoms with Crippen molar-refractivity contribution in [1.82, 2.24) is 4.98 Å². The van der Waals surface area contributed by atoms with E-state index in [0.29, 0.717) is 6.07 Å². The average molecular weight is 255 g/mol. The molecule has 0 aromatic carbocycles. The molecule has 17 heavy (non-hydrogen) atoms. The summed E-state index contributed by atoms with van der Waals surface area (Å²) >= 11 is 0. The number of rotatable bonds is 3. The Kier molecular flexibility index (Phi) is 3.64. The predicted molar refractivity (Wildman–Crippen MR) is 46.1 cm³/mol. The molecule has 0 bridgehead atoms. The minimum absolute atomic E-state index is 0.295. The Morgan fingerprint density at radius 2 is 2.00 bits per heavy atom. The summed E-state index contributed by atoms with van der Waals surface area (Å²) in [7, 11) is 0.984. The topological polar surface area (TPSA) is 39.2 Å². The summed E-state index contributed by atoms with van der Waals surface area (Å²) in [5, 5.41) is 0. The van der Waals surface area contributed by atoms with Gasteiger partial charge in [0, 0.05) is 11.6 Å². The Balaban J connectivity index is 3.56. The molecule has 0 saturated heterocycles. The smallest absolute Gasteiger partial charge is 0.434 e. The second-order valence-electron chi connectivity index (χ2n) is 2.93. The minimum Gasteiger partial charge on any atom is -0.481 e. The van der Waals surface area contributed by atoms with Crippen LogP contribution in [0.25, 0.3) is 0 Å². The molecular weight excluding hydrogens is 249 g/mol. The van der Waals surface area contributed by atoms with Crippen LogP contribution in [-0.4, -0.2) is 18.4 Å². The summed E-state index contributed by atoms with van der Waals surface area (Å²) in [6.45, 7) is 0. The first-order valence-corrected chi connectivity index (χ1v) is 4.20. The third kappa shape index (κ3) is 2.69. The lowest BCUT2D eigenvalue weighted by Gasteiger charge is -2.13. The first kappa shape index (κ1) is 13.3. The summed E-state index contributed by atoms with van der Waals surface area (Å²) in [4.78, 5) is 13.4. The fourth-order valence-corrected chi connectivity index (χ4v) is 1.18. The van der Waals surface area contributed by atoms with E-state index in [1.165, 1.54) is 0 Å². The zero-order valence-corrected chi connectivity index (χ0v) is 8.39. The van der Waals surface area contributed by atoms with Crippen molar-refractivity contribution in [3.63, 3.8) is 0 Å². The Morgan fingerprint density at radius 1 is 1.41 bits per heavy atom. The van der Waals surface area contributed by atoms with Crippen LogP contribution in [0.3, 0.4) is 0 Å². The van der Waals surface area contributed by atoms with E-state index in [2.05, 4.69) is 9.72 Å². The minimum atomic E-state index is -5.01. The van der Waals surface area contributed by atoms with Crippen molar-refractivity contribution in [3.05, 3.63) is 22.9 Å². The second-order valence-corrected chi connectivity index (χ2v) is 2.93. The van der Waals surface area contributed by atoms with E-state index < -0.39 is 35.3 Å². The number of pyridine rings is 1. The molecule has 3 nitrogen and oxygen atoms in total. The summed E-state index contributed by atoms with van der Waals surface area (Å²) in [6, 6.07) is 0.601. The van der Waals surface area contributed by atoms with E-state index in [1.54, 1.807) is 0 Å². The molecule has 0 amide bonds. The number of carbonyl (C=O) groups is 1. The van der Waals surface area contributed by atoms with Gasteiger partial charge in [0.15, 0.2) is 12.0 Å². The van der Waals surface area contributed by atoms with Crippen LogP contribution in [0.2, 0.25) is 0 Å². The largest absolute Gasteiger partial charge is 0.481 e. The van der Waals surface area contributed by atoms with Gasteiger partial charge in [0.1, 0.15) is 0 Å². The van der Waals surface area contributed by atoms with Crippen molar-refractivity contribution in [2.24, 2.45) is 0 Å². The fraction of sp³-hybridized carbons (Fsp3) is 0.333. The van der Waals surface area contributed by atoms with Gasteiger partial charge in [-0.2, -0.15) is 13.2 Å². The molecule has 1 rings (SSSR count). The molecule has 0 unspecified atom stereocenters. The zero-order chi connectivity index (χ0) is 13.2. The Hall–Kier alpha value is -1.73. The molecule has 0 fully saturated rings. The number of halogens is 5. The van der Waals surface area contributed by atoms with Crippen LogP contribution in [0.5, 0.6) is 5.88 Å². The number of aldehydes is 1. The lowest BCUT2D eigenvalue weighted by atomic mass is 10.1. The Morgan fingerprint density at radius 3 is 2.35 bits per heavy atom. The maximum atomic E-state index is 12.5. The highest BCUT2D eigenvalue weighted by Gasteiger charge is 2.38. The summed E-state index contributed by atoms with van der Waals surface area (Å²) in [6.07, 6.45) is -8.53. The van der Waals surface area contributed by atoms with E-state index in [0.717, 1.165) is 7.11 Å². The lowest BCUT2D eigenvalue weighted by Crippen LogP contribution is -2.15. The molecule has 1 aromatic rings. The van der Waals surface area contributed by atoms with Gasteiger partial charge in [0.25, 0.3) is 6.43 Å². The number of carbonyl (C=O) groups excluding carboxylic acids is 1. The van der Waals surface area contributed by atoms with Crippen LogP contribution in [0, 0.1) is 0 Å². The van der Waals surface area contributed by atoms with Gasteiger partial charge in [0.05, 0.1) is 12.7 Å². The van der Waals surface area contributed by atoms with Gasteiger partial charge in [-0.15, -0.1) is 0 Å². The highest BCUT2D eigenvalue weighted by atomic mass is 19.4. The molecule has 1 aromatic heterocycles. The van der Waals surface area contributed by atoms with Crippen LogP contribution in [-0.2, 0) is 6.18 Å². The van der Waals surface area contributed by atoms with Gasteiger partial charge in [0.2, 0.25) is 5.88 Å². The van der Waals surface area contributed by atoms with E-state index in [9.17, 15) is 26.7 Å². The van der Waals surface area contributed by atoms with Crippen molar-refractivity contribution in [2.75, 3.05) is 7.11 Å². The van der Waals surface area contributed by atoms with E-state index in [1.807, 2.05) is 0 Å². The molecule has 0 aliphatic rings. The molecule has 0 aliphatic carbocycles. The maximum absolute atomic E-state index is 12.5. The number of hydrogen-bond acceptors (Lipinski definition) is 3. The van der Waals surface area contributed by atoms with Crippen molar-refractivity contribution >= 4 is 6.29 Å². The standard InChI is InChI=1S/C9H6F5NO2/c1-17-6-2-4(8(10)11)5(3-16)7(15-6)9(12,13)14/h2-3,8H,1H3. The molecule has 0 saturated carbocycles. The van der Waals surface area contributed by atoms with Crippen LogP contribution in [0.4, 0.5) is 22.0 Å². The van der Waals surface area contributed by atoms with Crippen molar-refractivity contribution in [3.8, 4) is 5.88 Å². The van der Waals surface area contributed by atoms with Crippen LogP contribution >= 0.6 is 0 Å². The normalized spacial score (nSPS) is 11.7. The van der Waals surface area contributed by atoms with Gasteiger partial charge in [-0.05, 0) is 0 Å². The van der Waals surface area contributed by atoms with Crippen LogP contribution < -0.4 is 4.74 Å².